The summed E-state index contributed by atoms with van der Waals surface area (Å²) in [6, 6.07) is -0.481. The summed E-state index contributed by atoms with van der Waals surface area (Å²) in [7, 11) is 0. The maximum Gasteiger partial charge on any atom is 0.165 e. The van der Waals surface area contributed by atoms with Crippen LogP contribution in [0, 0.1) is 0 Å². The van der Waals surface area contributed by atoms with Crippen LogP contribution in [0.1, 0.15) is 12.5 Å². The van der Waals surface area contributed by atoms with E-state index in [1.807, 2.05) is 0 Å². The number of fused-ring (bicyclic) bond motifs is 1. The lowest BCUT2D eigenvalue weighted by Gasteiger charge is -2.17. The van der Waals surface area contributed by atoms with Gasteiger partial charge in [-0.15, -0.1) is 0 Å². The first-order valence-electron chi connectivity index (χ1n) is 5.47. The van der Waals surface area contributed by atoms with Crippen molar-refractivity contribution in [2.24, 2.45) is 0 Å². The highest BCUT2D eigenvalue weighted by atomic mass is 35.5. The van der Waals surface area contributed by atoms with Crippen LogP contribution < -0.4 is 0 Å². The van der Waals surface area contributed by atoms with Gasteiger partial charge >= 0.3 is 0 Å². The van der Waals surface area contributed by atoms with Crippen molar-refractivity contribution in [2.75, 3.05) is 0 Å². The standard InChI is InChI=1S/C10H11ClN4O3/c11-9-6-10(13-2-12-9)15(3-14-6)4-1-5(16)8(18)7(4)17/h2-5,7-8,16-18H,1H2/t4-,5?,7-,8+/m1/s1. The SMILES string of the molecule is OC1C[C@@H](n2cnc3c(Cl)ncnc32)[C@@H](O)[C@H]1O. The number of aliphatic hydroxyl groups excluding tert-OH is 3. The largest absolute Gasteiger partial charge is 0.390 e. The van der Waals surface area contributed by atoms with Gasteiger partial charge in [-0.25, -0.2) is 15.0 Å². The fraction of sp³-hybridized carbons (Fsp3) is 0.500. The van der Waals surface area contributed by atoms with Crippen LogP contribution in [0.4, 0.5) is 0 Å². The molecule has 3 rings (SSSR count). The molecule has 0 spiro atoms. The molecule has 1 aliphatic rings. The molecule has 1 fully saturated rings. The first-order chi connectivity index (χ1) is 8.59. The molecule has 1 saturated carbocycles. The molecule has 1 aliphatic carbocycles. The average Bonchev–Trinajstić information content (AvgIpc) is 2.88. The Bertz CT molecular complexity index is 590. The smallest absolute Gasteiger partial charge is 0.165 e. The van der Waals surface area contributed by atoms with Gasteiger partial charge in [0.2, 0.25) is 0 Å². The molecule has 7 nitrogen and oxygen atoms in total. The van der Waals surface area contributed by atoms with Crippen molar-refractivity contribution in [1.29, 1.82) is 0 Å². The van der Waals surface area contributed by atoms with E-state index in [9.17, 15) is 15.3 Å². The van der Waals surface area contributed by atoms with Gasteiger partial charge in [0, 0.05) is 0 Å². The summed E-state index contributed by atoms with van der Waals surface area (Å²) in [5, 5.41) is 29.3. The van der Waals surface area contributed by atoms with E-state index >= 15 is 0 Å². The molecule has 0 saturated heterocycles. The topological polar surface area (TPSA) is 104 Å². The van der Waals surface area contributed by atoms with Crippen LogP contribution in [0.5, 0.6) is 0 Å². The lowest BCUT2D eigenvalue weighted by Crippen LogP contribution is -2.31. The Hall–Kier alpha value is -1.28. The second-order valence-electron chi connectivity index (χ2n) is 4.34. The minimum atomic E-state index is -1.16. The molecule has 3 N–H and O–H groups in total. The molecule has 18 heavy (non-hydrogen) atoms. The quantitative estimate of drug-likeness (QED) is 0.604. The van der Waals surface area contributed by atoms with Crippen molar-refractivity contribution in [3.8, 4) is 0 Å². The van der Waals surface area contributed by atoms with Gasteiger partial charge in [0.25, 0.3) is 0 Å². The Balaban J connectivity index is 2.08. The number of nitrogens with zero attached hydrogens (tertiary/aromatic N) is 4. The zero-order chi connectivity index (χ0) is 12.9. The summed E-state index contributed by atoms with van der Waals surface area (Å²) in [5.41, 5.74) is 0.905. The Morgan fingerprint density at radius 1 is 1.17 bits per heavy atom. The van der Waals surface area contributed by atoms with Crippen LogP contribution in [0.15, 0.2) is 12.7 Å². The van der Waals surface area contributed by atoms with Gasteiger partial charge in [0.1, 0.15) is 24.1 Å². The summed E-state index contributed by atoms with van der Waals surface area (Å²) in [6.45, 7) is 0. The van der Waals surface area contributed by atoms with Crippen LogP contribution in [-0.4, -0.2) is 53.2 Å². The van der Waals surface area contributed by atoms with Crippen molar-refractivity contribution in [3.05, 3.63) is 17.8 Å². The molecular weight excluding hydrogens is 260 g/mol. The van der Waals surface area contributed by atoms with Crippen LogP contribution in [0.25, 0.3) is 11.2 Å². The van der Waals surface area contributed by atoms with E-state index in [1.54, 1.807) is 4.57 Å². The molecule has 0 aliphatic heterocycles. The predicted molar refractivity (Wildman–Crippen MR) is 62.0 cm³/mol. The van der Waals surface area contributed by atoms with Gasteiger partial charge in [0.15, 0.2) is 10.8 Å². The van der Waals surface area contributed by atoms with Crippen molar-refractivity contribution in [2.45, 2.75) is 30.8 Å². The molecule has 2 heterocycles. The monoisotopic (exact) mass is 270 g/mol. The van der Waals surface area contributed by atoms with E-state index in [1.165, 1.54) is 12.7 Å². The van der Waals surface area contributed by atoms with Crippen molar-refractivity contribution in [1.82, 2.24) is 19.5 Å². The normalized spacial score (nSPS) is 32.2. The lowest BCUT2D eigenvalue weighted by atomic mass is 10.2. The van der Waals surface area contributed by atoms with Crippen LogP contribution in [0.3, 0.4) is 0 Å². The number of imidazole rings is 1. The zero-order valence-electron chi connectivity index (χ0n) is 9.18. The highest BCUT2D eigenvalue weighted by molar-refractivity contribution is 6.33. The van der Waals surface area contributed by atoms with Gasteiger partial charge in [0.05, 0.1) is 18.5 Å². The highest BCUT2D eigenvalue weighted by Crippen LogP contribution is 2.33. The molecule has 2 aromatic heterocycles. The van der Waals surface area contributed by atoms with Gasteiger partial charge in [-0.1, -0.05) is 11.6 Å². The molecule has 1 unspecified atom stereocenters. The number of halogens is 1. The van der Waals surface area contributed by atoms with Gasteiger partial charge in [-0.2, -0.15) is 0 Å². The van der Waals surface area contributed by atoms with Crippen molar-refractivity contribution < 1.29 is 15.3 Å². The third-order valence-corrected chi connectivity index (χ3v) is 3.57. The maximum absolute atomic E-state index is 9.89. The molecule has 96 valence electrons. The summed E-state index contributed by atoms with van der Waals surface area (Å²) < 4.78 is 1.60. The Morgan fingerprint density at radius 2 is 1.94 bits per heavy atom. The van der Waals surface area contributed by atoms with Crippen LogP contribution in [-0.2, 0) is 0 Å². The Kier molecular flexibility index (Phi) is 2.70. The summed E-state index contributed by atoms with van der Waals surface area (Å²) in [6.07, 6.45) is -0.174. The summed E-state index contributed by atoms with van der Waals surface area (Å²) in [5.74, 6) is 0. The first kappa shape index (κ1) is 11.8. The van der Waals surface area contributed by atoms with Gasteiger partial charge in [-0.3, -0.25) is 0 Å². The minimum Gasteiger partial charge on any atom is -0.390 e. The molecule has 8 heteroatoms. The van der Waals surface area contributed by atoms with Crippen molar-refractivity contribution >= 4 is 22.8 Å². The third kappa shape index (κ3) is 1.59. The zero-order valence-corrected chi connectivity index (χ0v) is 9.94. The fourth-order valence-corrected chi connectivity index (χ4v) is 2.50. The van der Waals surface area contributed by atoms with E-state index in [-0.39, 0.29) is 11.6 Å². The number of hydrogen-bond acceptors (Lipinski definition) is 6. The lowest BCUT2D eigenvalue weighted by molar-refractivity contribution is -0.0244. The van der Waals surface area contributed by atoms with Crippen molar-refractivity contribution in [3.63, 3.8) is 0 Å². The van der Waals surface area contributed by atoms with E-state index in [0.29, 0.717) is 11.2 Å². The van der Waals surface area contributed by atoms with Crippen LogP contribution in [0.2, 0.25) is 5.15 Å². The van der Waals surface area contributed by atoms with Crippen LogP contribution >= 0.6 is 11.6 Å². The molecule has 0 aromatic carbocycles. The molecule has 0 radical (unpaired) electrons. The molecule has 4 atom stereocenters. The van der Waals surface area contributed by atoms with Gasteiger partial charge < -0.3 is 19.9 Å². The van der Waals surface area contributed by atoms with E-state index in [2.05, 4.69) is 15.0 Å². The number of aromatic nitrogens is 4. The predicted octanol–water partition coefficient (Wildman–Crippen LogP) is -0.493. The third-order valence-electron chi connectivity index (χ3n) is 3.29. The molecule has 0 bridgehead atoms. The molecular formula is C10H11ClN4O3. The summed E-state index contributed by atoms with van der Waals surface area (Å²) >= 11 is 5.88. The average molecular weight is 271 g/mol. The Labute approximate surface area is 107 Å². The van der Waals surface area contributed by atoms with E-state index in [4.69, 9.17) is 11.6 Å². The molecule has 2 aromatic rings. The minimum absolute atomic E-state index is 0.229. The maximum atomic E-state index is 9.89. The second-order valence-corrected chi connectivity index (χ2v) is 4.70. The number of hydrogen-bond donors (Lipinski definition) is 3. The first-order valence-corrected chi connectivity index (χ1v) is 5.84. The second kappa shape index (κ2) is 4.13. The number of rotatable bonds is 1. The highest BCUT2D eigenvalue weighted by Gasteiger charge is 2.42. The Morgan fingerprint density at radius 3 is 2.61 bits per heavy atom. The number of aliphatic hydroxyl groups is 3. The van der Waals surface area contributed by atoms with E-state index in [0.717, 1.165) is 0 Å². The summed E-state index contributed by atoms with van der Waals surface area (Å²) in [4.78, 5) is 12.0. The van der Waals surface area contributed by atoms with Gasteiger partial charge in [-0.05, 0) is 6.42 Å². The molecule has 0 amide bonds. The fourth-order valence-electron chi connectivity index (χ4n) is 2.33. The van der Waals surface area contributed by atoms with E-state index < -0.39 is 24.4 Å².